The van der Waals surface area contributed by atoms with Gasteiger partial charge >= 0.3 is 0 Å². The van der Waals surface area contributed by atoms with E-state index in [0.717, 1.165) is 51.1 Å². The van der Waals surface area contributed by atoms with Gasteiger partial charge in [0.25, 0.3) is 5.91 Å². The van der Waals surface area contributed by atoms with Crippen molar-refractivity contribution < 1.29 is 19.1 Å². The van der Waals surface area contributed by atoms with Gasteiger partial charge in [0.1, 0.15) is 5.75 Å². The highest BCUT2D eigenvalue weighted by molar-refractivity contribution is 5.97. The molecular weight excluding hydrogens is 442 g/mol. The lowest BCUT2D eigenvalue weighted by Crippen LogP contribution is -2.37. The zero-order valence-corrected chi connectivity index (χ0v) is 20.4. The van der Waals surface area contributed by atoms with Crippen LogP contribution in [0.2, 0.25) is 0 Å². The van der Waals surface area contributed by atoms with Crippen molar-refractivity contribution >= 4 is 11.8 Å². The first-order valence-corrected chi connectivity index (χ1v) is 12.7. The fourth-order valence-corrected chi connectivity index (χ4v) is 5.78. The Balaban J connectivity index is 1.16. The molecule has 2 aromatic carbocycles. The normalized spacial score (nSPS) is 24.8. The van der Waals surface area contributed by atoms with E-state index in [1.54, 1.807) is 7.11 Å². The highest BCUT2D eigenvalue weighted by atomic mass is 16.5. The van der Waals surface area contributed by atoms with Crippen molar-refractivity contribution in [2.75, 3.05) is 53.0 Å². The van der Waals surface area contributed by atoms with Crippen molar-refractivity contribution in [3.63, 3.8) is 0 Å². The average molecular weight is 478 g/mol. The summed E-state index contributed by atoms with van der Waals surface area (Å²) in [5.74, 6) is 1.74. The van der Waals surface area contributed by atoms with Crippen LogP contribution in [0.3, 0.4) is 0 Å². The molecule has 3 aliphatic heterocycles. The van der Waals surface area contributed by atoms with Crippen molar-refractivity contribution in [1.29, 1.82) is 0 Å². The van der Waals surface area contributed by atoms with Crippen LogP contribution in [0.25, 0.3) is 0 Å². The Kier molecular flexibility index (Phi) is 7.35. The van der Waals surface area contributed by atoms with Gasteiger partial charge in [0, 0.05) is 39.3 Å². The van der Waals surface area contributed by atoms with Crippen molar-refractivity contribution in [2.24, 2.45) is 17.8 Å². The minimum atomic E-state index is -0.0425. The molecule has 5 rings (SSSR count). The number of hydrogen-bond donors (Lipinski definition) is 1. The minimum Gasteiger partial charge on any atom is -0.496 e. The van der Waals surface area contributed by atoms with Gasteiger partial charge in [0.05, 0.1) is 31.2 Å². The Morgan fingerprint density at radius 3 is 2.43 bits per heavy atom. The van der Waals surface area contributed by atoms with E-state index in [4.69, 9.17) is 9.47 Å². The third-order valence-electron chi connectivity index (χ3n) is 7.74. The van der Waals surface area contributed by atoms with E-state index in [2.05, 4.69) is 22.3 Å². The summed E-state index contributed by atoms with van der Waals surface area (Å²) in [6, 6.07) is 17.7. The van der Waals surface area contributed by atoms with E-state index < -0.39 is 0 Å². The molecule has 186 valence electrons. The number of hydrogen-bond acceptors (Lipinski definition) is 5. The third-order valence-corrected chi connectivity index (χ3v) is 7.74. The van der Waals surface area contributed by atoms with E-state index in [0.29, 0.717) is 36.4 Å². The molecule has 7 nitrogen and oxygen atoms in total. The van der Waals surface area contributed by atoms with E-state index in [-0.39, 0.29) is 23.8 Å². The molecule has 3 fully saturated rings. The number of fused-ring (bicyclic) bond motifs is 1. The SMILES string of the molecule is COc1ccccc1C(=O)N1CC2CN(CC[C@H](NC(=O)C3CCOC3)c3ccccc3)CC2C1. The number of rotatable bonds is 8. The minimum absolute atomic E-state index is 0.00615. The second kappa shape index (κ2) is 10.8. The van der Waals surface area contributed by atoms with Gasteiger partial charge in [-0.2, -0.15) is 0 Å². The van der Waals surface area contributed by atoms with Crippen molar-refractivity contribution in [2.45, 2.75) is 18.9 Å². The molecule has 0 bridgehead atoms. The van der Waals surface area contributed by atoms with Crippen LogP contribution in [-0.2, 0) is 9.53 Å². The third kappa shape index (κ3) is 5.36. The predicted octanol–water partition coefficient (Wildman–Crippen LogP) is 2.98. The van der Waals surface area contributed by atoms with Crippen molar-refractivity contribution in [1.82, 2.24) is 15.1 Å². The number of ether oxygens (including phenoxy) is 2. The quantitative estimate of drug-likeness (QED) is 0.633. The zero-order valence-electron chi connectivity index (χ0n) is 20.4. The molecule has 0 aromatic heterocycles. The Morgan fingerprint density at radius 1 is 1.03 bits per heavy atom. The van der Waals surface area contributed by atoms with E-state index in [1.165, 1.54) is 0 Å². The average Bonchev–Trinajstić information content (AvgIpc) is 3.64. The summed E-state index contributed by atoms with van der Waals surface area (Å²) < 4.78 is 10.8. The number of carbonyl (C=O) groups excluding carboxylic acids is 2. The van der Waals surface area contributed by atoms with Gasteiger partial charge < -0.3 is 24.6 Å². The molecule has 1 N–H and O–H groups in total. The number of methoxy groups -OCH3 is 1. The fourth-order valence-electron chi connectivity index (χ4n) is 5.78. The molecule has 3 unspecified atom stereocenters. The Bertz CT molecular complexity index is 1010. The molecule has 3 heterocycles. The van der Waals surface area contributed by atoms with E-state index >= 15 is 0 Å². The molecule has 2 amide bonds. The second-order valence-electron chi connectivity index (χ2n) is 10.0. The molecule has 3 saturated heterocycles. The number of carbonyl (C=O) groups is 2. The molecule has 0 saturated carbocycles. The lowest BCUT2D eigenvalue weighted by atomic mass is 10.0. The molecule has 3 aliphatic rings. The topological polar surface area (TPSA) is 71.1 Å². The Hall–Kier alpha value is -2.90. The smallest absolute Gasteiger partial charge is 0.257 e. The first-order chi connectivity index (χ1) is 17.1. The summed E-state index contributed by atoms with van der Waals surface area (Å²) >= 11 is 0. The fraction of sp³-hybridized carbons (Fsp3) is 0.500. The second-order valence-corrected chi connectivity index (χ2v) is 10.0. The summed E-state index contributed by atoms with van der Waals surface area (Å²) in [5, 5.41) is 3.29. The van der Waals surface area contributed by atoms with Crippen LogP contribution in [0.5, 0.6) is 5.75 Å². The first-order valence-electron chi connectivity index (χ1n) is 12.7. The summed E-state index contributed by atoms with van der Waals surface area (Å²) in [4.78, 5) is 30.4. The highest BCUT2D eigenvalue weighted by Crippen LogP contribution is 2.33. The molecule has 0 aliphatic carbocycles. The van der Waals surface area contributed by atoms with Crippen molar-refractivity contribution in [3.8, 4) is 5.75 Å². The van der Waals surface area contributed by atoms with Gasteiger partial charge in [0.2, 0.25) is 5.91 Å². The predicted molar refractivity (Wildman–Crippen MR) is 133 cm³/mol. The van der Waals surface area contributed by atoms with Gasteiger partial charge in [0.15, 0.2) is 0 Å². The summed E-state index contributed by atoms with van der Waals surface area (Å²) in [7, 11) is 1.61. The maximum atomic E-state index is 13.1. The number of benzene rings is 2. The van der Waals surface area contributed by atoms with Crippen molar-refractivity contribution in [3.05, 3.63) is 65.7 Å². The summed E-state index contributed by atoms with van der Waals surface area (Å²) in [5.41, 5.74) is 1.79. The molecule has 0 radical (unpaired) electrons. The Morgan fingerprint density at radius 2 is 1.74 bits per heavy atom. The van der Waals surface area contributed by atoms with Crippen LogP contribution in [-0.4, -0.2) is 74.7 Å². The van der Waals surface area contributed by atoms with Crippen LogP contribution in [0.1, 0.15) is 34.8 Å². The first kappa shape index (κ1) is 23.8. The van der Waals surface area contributed by atoms with Gasteiger partial charge in [-0.15, -0.1) is 0 Å². The molecular formula is C28H35N3O4. The highest BCUT2D eigenvalue weighted by Gasteiger charge is 2.42. The van der Waals surface area contributed by atoms with Crippen LogP contribution < -0.4 is 10.1 Å². The largest absolute Gasteiger partial charge is 0.496 e. The lowest BCUT2D eigenvalue weighted by Gasteiger charge is -2.25. The monoisotopic (exact) mass is 477 g/mol. The number of likely N-dealkylation sites (tertiary alicyclic amines) is 2. The molecule has 2 aromatic rings. The Labute approximate surface area is 207 Å². The van der Waals surface area contributed by atoms with E-state index in [1.807, 2.05) is 47.4 Å². The molecule has 35 heavy (non-hydrogen) atoms. The zero-order chi connectivity index (χ0) is 24.2. The van der Waals surface area contributed by atoms with Gasteiger partial charge in [-0.25, -0.2) is 0 Å². The van der Waals surface area contributed by atoms with Crippen LogP contribution in [0, 0.1) is 17.8 Å². The van der Waals surface area contributed by atoms with Crippen LogP contribution in [0.15, 0.2) is 54.6 Å². The van der Waals surface area contributed by atoms with Gasteiger partial charge in [-0.05, 0) is 42.4 Å². The number of nitrogens with one attached hydrogen (secondary N) is 1. The maximum absolute atomic E-state index is 13.1. The standard InChI is InChI=1S/C28H35N3O4/c1-34-26-10-6-5-9-24(26)28(33)31-17-22-15-30(16-23(22)18-31)13-11-25(20-7-3-2-4-8-20)29-27(32)21-12-14-35-19-21/h2-10,21-23,25H,11-19H2,1H3,(H,29,32)/t21?,22?,23?,25-/m0/s1. The number of nitrogens with zero attached hydrogens (tertiary/aromatic N) is 2. The molecule has 7 heteroatoms. The maximum Gasteiger partial charge on any atom is 0.257 e. The van der Waals surface area contributed by atoms with Crippen LogP contribution >= 0.6 is 0 Å². The molecule has 4 atom stereocenters. The molecule has 0 spiro atoms. The summed E-state index contributed by atoms with van der Waals surface area (Å²) in [6.45, 7) is 5.68. The number of para-hydroxylation sites is 1. The van der Waals surface area contributed by atoms with Crippen LogP contribution in [0.4, 0.5) is 0 Å². The number of amides is 2. The lowest BCUT2D eigenvalue weighted by molar-refractivity contribution is -0.125. The van der Waals surface area contributed by atoms with E-state index in [9.17, 15) is 9.59 Å². The van der Waals surface area contributed by atoms with Gasteiger partial charge in [-0.1, -0.05) is 42.5 Å². The van der Waals surface area contributed by atoms with Gasteiger partial charge in [-0.3, -0.25) is 9.59 Å². The summed E-state index contributed by atoms with van der Waals surface area (Å²) in [6.07, 6.45) is 1.67.